The van der Waals surface area contributed by atoms with E-state index in [1.165, 1.54) is 0 Å². The molecule has 9 nitrogen and oxygen atoms in total. The Kier molecular flexibility index (Phi) is 12.1. The molecule has 3 rings (SSSR count). The molecule has 0 aromatic heterocycles. The van der Waals surface area contributed by atoms with Crippen molar-refractivity contribution < 1.29 is 42.1 Å². The van der Waals surface area contributed by atoms with Crippen LogP contribution in [0.25, 0.3) is 0 Å². The molecule has 0 bridgehead atoms. The molecule has 1 fully saturated rings. The maximum Gasteiger partial charge on any atom is 0.490 e. The average Bonchev–Trinajstić information content (AvgIpc) is 2.94. The lowest BCUT2D eigenvalue weighted by Crippen LogP contribution is -2.47. The lowest BCUT2D eigenvalue weighted by atomic mass is 10.00. The number of nitrogens with one attached hydrogen (secondary N) is 1. The van der Waals surface area contributed by atoms with Gasteiger partial charge in [-0.05, 0) is 23.6 Å². The molecule has 1 aliphatic rings. The van der Waals surface area contributed by atoms with Crippen LogP contribution < -0.4 is 14.8 Å². The Morgan fingerprint density at radius 3 is 2.05 bits per heavy atom. The van der Waals surface area contributed by atoms with Crippen LogP contribution >= 0.6 is 0 Å². The molecule has 1 atom stereocenters. The van der Waals surface area contributed by atoms with Gasteiger partial charge in [0.25, 0.3) is 5.91 Å². The first-order chi connectivity index (χ1) is 18.5. The van der Waals surface area contributed by atoms with Gasteiger partial charge in [0.05, 0.1) is 14.2 Å². The smallest absolute Gasteiger partial charge is 0.490 e. The summed E-state index contributed by atoms with van der Waals surface area (Å²) in [5.74, 6) is -1.58. The third kappa shape index (κ3) is 10.1. The van der Waals surface area contributed by atoms with Crippen LogP contribution in [-0.2, 0) is 9.59 Å². The average molecular weight is 554 g/mol. The first-order valence-corrected chi connectivity index (χ1v) is 12.3. The number of carboxylic acids is 1. The number of methoxy groups -OCH3 is 2. The Morgan fingerprint density at radius 2 is 1.56 bits per heavy atom. The minimum Gasteiger partial charge on any atom is -0.497 e. The summed E-state index contributed by atoms with van der Waals surface area (Å²) in [5.41, 5.74) is 1.64. The van der Waals surface area contributed by atoms with Gasteiger partial charge >= 0.3 is 12.1 Å². The number of ether oxygens (including phenoxy) is 2. The number of carbonyl (C=O) groups excluding carboxylic acids is 2. The van der Waals surface area contributed by atoms with Crippen molar-refractivity contribution in [1.29, 1.82) is 0 Å². The first kappa shape index (κ1) is 31.4. The van der Waals surface area contributed by atoms with Gasteiger partial charge in [-0.1, -0.05) is 37.3 Å². The first-order valence-electron chi connectivity index (χ1n) is 12.3. The molecule has 12 heteroatoms. The maximum absolute atomic E-state index is 13.5. The standard InChI is InChI=1S/C25H33N3O4.C2HF3O2/c1-19(20-7-5-4-6-8-20)18-28(12-9-24(29)27-13-10-26-11-14-27)25(30)21-15-22(31-2)17-23(16-21)32-3;3-2(4,5)1(6)7/h4-8,15-17,19,26H,9-14,18H2,1-3H3;(H,6,7). The third-order valence-corrected chi connectivity index (χ3v) is 6.06. The molecule has 214 valence electrons. The van der Waals surface area contributed by atoms with Crippen LogP contribution in [0.1, 0.15) is 35.2 Å². The summed E-state index contributed by atoms with van der Waals surface area (Å²) >= 11 is 0. The SMILES string of the molecule is COc1cc(OC)cc(C(=O)N(CCC(=O)N2CCNCC2)CC(C)c2ccccc2)c1.O=C(O)C(F)(F)F. The van der Waals surface area contributed by atoms with E-state index in [2.05, 4.69) is 24.4 Å². The summed E-state index contributed by atoms with van der Waals surface area (Å²) in [6.45, 7) is 6.00. The number of aliphatic carboxylic acids is 1. The highest BCUT2D eigenvalue weighted by atomic mass is 19.4. The van der Waals surface area contributed by atoms with E-state index in [9.17, 15) is 22.8 Å². The number of alkyl halides is 3. The summed E-state index contributed by atoms with van der Waals surface area (Å²) in [4.78, 5) is 38.8. The predicted molar refractivity (Wildman–Crippen MR) is 138 cm³/mol. The van der Waals surface area contributed by atoms with Gasteiger partial charge in [-0.25, -0.2) is 4.79 Å². The Bertz CT molecular complexity index is 1070. The van der Waals surface area contributed by atoms with Gasteiger partial charge in [0.2, 0.25) is 5.91 Å². The highest BCUT2D eigenvalue weighted by Gasteiger charge is 2.38. The van der Waals surface area contributed by atoms with E-state index in [1.54, 1.807) is 37.3 Å². The Labute approximate surface area is 225 Å². The van der Waals surface area contributed by atoms with Crippen molar-refractivity contribution in [2.45, 2.75) is 25.4 Å². The maximum atomic E-state index is 13.5. The highest BCUT2D eigenvalue weighted by Crippen LogP contribution is 2.25. The molecule has 0 spiro atoms. The van der Waals surface area contributed by atoms with Crippen LogP contribution in [0.2, 0.25) is 0 Å². The number of carbonyl (C=O) groups is 3. The van der Waals surface area contributed by atoms with Crippen LogP contribution in [0.4, 0.5) is 13.2 Å². The Morgan fingerprint density at radius 1 is 1.03 bits per heavy atom. The van der Waals surface area contributed by atoms with Gasteiger partial charge in [-0.15, -0.1) is 0 Å². The van der Waals surface area contributed by atoms with Crippen LogP contribution in [0.5, 0.6) is 11.5 Å². The molecule has 1 aliphatic heterocycles. The zero-order valence-electron chi connectivity index (χ0n) is 22.2. The fraction of sp³-hybridized carbons (Fsp3) is 0.444. The molecule has 2 amide bonds. The zero-order valence-corrected chi connectivity index (χ0v) is 22.2. The van der Waals surface area contributed by atoms with Crippen molar-refractivity contribution in [2.75, 3.05) is 53.5 Å². The monoisotopic (exact) mass is 553 g/mol. The summed E-state index contributed by atoms with van der Waals surface area (Å²) < 4.78 is 42.4. The molecular weight excluding hydrogens is 519 g/mol. The van der Waals surface area contributed by atoms with Crippen molar-refractivity contribution in [3.8, 4) is 11.5 Å². The summed E-state index contributed by atoms with van der Waals surface area (Å²) in [6, 6.07) is 15.3. The molecule has 1 heterocycles. The molecule has 1 unspecified atom stereocenters. The molecule has 39 heavy (non-hydrogen) atoms. The van der Waals surface area contributed by atoms with Crippen molar-refractivity contribution >= 4 is 17.8 Å². The number of nitrogens with zero attached hydrogens (tertiary/aromatic N) is 2. The second-order valence-electron chi connectivity index (χ2n) is 8.85. The number of amides is 2. The van der Waals surface area contributed by atoms with E-state index in [0.717, 1.165) is 18.7 Å². The summed E-state index contributed by atoms with van der Waals surface area (Å²) in [7, 11) is 3.12. The normalized spacial score (nSPS) is 13.9. The van der Waals surface area contributed by atoms with Gasteiger partial charge in [0, 0.05) is 57.3 Å². The summed E-state index contributed by atoms with van der Waals surface area (Å²) in [5, 5.41) is 10.4. The number of hydrogen-bond donors (Lipinski definition) is 2. The number of rotatable bonds is 9. The molecule has 0 saturated carbocycles. The van der Waals surface area contributed by atoms with Crippen molar-refractivity contribution in [3.05, 3.63) is 59.7 Å². The topological polar surface area (TPSA) is 108 Å². The second kappa shape index (κ2) is 15.0. The molecular formula is C27H34F3N3O6. The molecule has 2 N–H and O–H groups in total. The second-order valence-corrected chi connectivity index (χ2v) is 8.85. The van der Waals surface area contributed by atoms with Gasteiger partial charge in [-0.3, -0.25) is 9.59 Å². The number of carboxylic acid groups (broad SMARTS) is 1. The fourth-order valence-electron chi connectivity index (χ4n) is 3.91. The van der Waals surface area contributed by atoms with E-state index >= 15 is 0 Å². The van der Waals surface area contributed by atoms with Crippen molar-refractivity contribution in [3.63, 3.8) is 0 Å². The number of halogens is 3. The molecule has 1 saturated heterocycles. The van der Waals surface area contributed by atoms with Gasteiger partial charge in [0.15, 0.2) is 0 Å². The van der Waals surface area contributed by atoms with Crippen LogP contribution in [-0.4, -0.2) is 92.4 Å². The number of piperazine rings is 1. The van der Waals surface area contributed by atoms with E-state index in [0.29, 0.717) is 49.7 Å². The van der Waals surface area contributed by atoms with Crippen LogP contribution in [0, 0.1) is 0 Å². The van der Waals surface area contributed by atoms with Gasteiger partial charge < -0.3 is 29.7 Å². The minimum atomic E-state index is -5.08. The van der Waals surface area contributed by atoms with Crippen molar-refractivity contribution in [2.24, 2.45) is 0 Å². The number of hydrogen-bond acceptors (Lipinski definition) is 6. The Balaban J connectivity index is 0.000000673. The quantitative estimate of drug-likeness (QED) is 0.490. The summed E-state index contributed by atoms with van der Waals surface area (Å²) in [6.07, 6.45) is -4.78. The largest absolute Gasteiger partial charge is 0.497 e. The molecule has 0 aliphatic carbocycles. The lowest BCUT2D eigenvalue weighted by Gasteiger charge is -2.30. The zero-order chi connectivity index (χ0) is 29.0. The van der Waals surface area contributed by atoms with E-state index in [1.807, 2.05) is 23.1 Å². The highest BCUT2D eigenvalue weighted by molar-refractivity contribution is 5.95. The third-order valence-electron chi connectivity index (χ3n) is 6.06. The fourth-order valence-corrected chi connectivity index (χ4v) is 3.91. The molecule has 2 aromatic carbocycles. The van der Waals surface area contributed by atoms with Gasteiger partial charge in [-0.2, -0.15) is 13.2 Å². The van der Waals surface area contributed by atoms with Crippen molar-refractivity contribution in [1.82, 2.24) is 15.1 Å². The van der Waals surface area contributed by atoms with E-state index in [-0.39, 0.29) is 17.7 Å². The van der Waals surface area contributed by atoms with E-state index < -0.39 is 12.1 Å². The van der Waals surface area contributed by atoms with Crippen LogP contribution in [0.15, 0.2) is 48.5 Å². The number of benzene rings is 2. The molecule has 2 aromatic rings. The lowest BCUT2D eigenvalue weighted by molar-refractivity contribution is -0.192. The van der Waals surface area contributed by atoms with E-state index in [4.69, 9.17) is 19.4 Å². The van der Waals surface area contributed by atoms with Crippen LogP contribution in [0.3, 0.4) is 0 Å². The Hall–Kier alpha value is -3.80. The minimum absolute atomic E-state index is 0.0832. The van der Waals surface area contributed by atoms with Gasteiger partial charge in [0.1, 0.15) is 11.5 Å². The molecule has 0 radical (unpaired) electrons. The predicted octanol–water partition coefficient (Wildman–Crippen LogP) is 3.40.